The van der Waals surface area contributed by atoms with Gasteiger partial charge in [-0.25, -0.2) is 0 Å². The van der Waals surface area contributed by atoms with Gasteiger partial charge in [-0.15, -0.1) is 0 Å². The predicted octanol–water partition coefficient (Wildman–Crippen LogP) is 6.18. The van der Waals surface area contributed by atoms with E-state index in [0.717, 1.165) is 33.7 Å². The monoisotopic (exact) mass is 323 g/mol. The Morgan fingerprint density at radius 3 is 1.80 bits per heavy atom. The van der Waals surface area contributed by atoms with E-state index in [4.69, 9.17) is 4.52 Å². The summed E-state index contributed by atoms with van der Waals surface area (Å²) in [6, 6.07) is 30.5. The molecule has 0 radical (unpaired) electrons. The van der Waals surface area contributed by atoms with Gasteiger partial charge in [-0.3, -0.25) is 0 Å². The molecule has 0 N–H and O–H groups in total. The van der Waals surface area contributed by atoms with Crippen LogP contribution >= 0.6 is 0 Å². The van der Waals surface area contributed by atoms with Crippen LogP contribution in [0.25, 0.3) is 34.5 Å². The summed E-state index contributed by atoms with van der Waals surface area (Å²) >= 11 is 0. The first-order valence-corrected chi connectivity index (χ1v) is 8.25. The van der Waals surface area contributed by atoms with Gasteiger partial charge in [0.2, 0.25) is 0 Å². The number of hydrogen-bond donors (Lipinski definition) is 0. The van der Waals surface area contributed by atoms with Crippen LogP contribution in [0.5, 0.6) is 0 Å². The lowest BCUT2D eigenvalue weighted by Gasteiger charge is -2.03. The lowest BCUT2D eigenvalue weighted by atomic mass is 9.99. The minimum atomic E-state index is 0.758. The standard InChI is InChI=1S/C23H17NO/c1-4-10-18(11-5-1)16-17-21-22(19-12-6-2-7-13-19)23(24-25-21)20-14-8-3-9-15-20/h1-17H/b17-16+. The van der Waals surface area contributed by atoms with Crippen LogP contribution in [0.3, 0.4) is 0 Å². The van der Waals surface area contributed by atoms with E-state index in [2.05, 4.69) is 41.6 Å². The van der Waals surface area contributed by atoms with Crippen LogP contribution in [-0.4, -0.2) is 5.16 Å². The molecule has 0 amide bonds. The van der Waals surface area contributed by atoms with Crippen molar-refractivity contribution in [3.05, 3.63) is 102 Å². The SMILES string of the molecule is C(=C\c1onc(-c2ccccc2)c1-c1ccccc1)/c1ccccc1. The third-order valence-corrected chi connectivity index (χ3v) is 4.05. The maximum atomic E-state index is 5.69. The third kappa shape index (κ3) is 3.29. The normalized spacial score (nSPS) is 11.0. The summed E-state index contributed by atoms with van der Waals surface area (Å²) in [5, 5.41) is 4.35. The van der Waals surface area contributed by atoms with Crippen molar-refractivity contribution < 1.29 is 4.52 Å². The van der Waals surface area contributed by atoms with Crippen LogP contribution in [0, 0.1) is 0 Å². The first kappa shape index (κ1) is 15.2. The van der Waals surface area contributed by atoms with Crippen molar-refractivity contribution in [1.82, 2.24) is 5.16 Å². The number of hydrogen-bond acceptors (Lipinski definition) is 2. The van der Waals surface area contributed by atoms with Crippen LogP contribution < -0.4 is 0 Å². The molecule has 1 heterocycles. The Morgan fingerprint density at radius 1 is 0.600 bits per heavy atom. The fourth-order valence-electron chi connectivity index (χ4n) is 2.83. The van der Waals surface area contributed by atoms with Gasteiger partial charge in [0.05, 0.1) is 5.56 Å². The Hall–Kier alpha value is -3.39. The summed E-state index contributed by atoms with van der Waals surface area (Å²) in [7, 11) is 0. The maximum absolute atomic E-state index is 5.69. The summed E-state index contributed by atoms with van der Waals surface area (Å²) in [6.45, 7) is 0. The zero-order valence-electron chi connectivity index (χ0n) is 13.7. The van der Waals surface area contributed by atoms with E-state index in [1.807, 2.05) is 66.7 Å². The average molecular weight is 323 g/mol. The molecule has 0 spiro atoms. The van der Waals surface area contributed by atoms with Crippen LogP contribution in [0.1, 0.15) is 11.3 Å². The van der Waals surface area contributed by atoms with Gasteiger partial charge < -0.3 is 4.52 Å². The molecule has 3 aromatic carbocycles. The second-order valence-corrected chi connectivity index (χ2v) is 5.75. The lowest BCUT2D eigenvalue weighted by molar-refractivity contribution is 0.416. The number of nitrogens with zero attached hydrogens (tertiary/aromatic N) is 1. The van der Waals surface area contributed by atoms with Gasteiger partial charge in [-0.2, -0.15) is 0 Å². The fourth-order valence-corrected chi connectivity index (χ4v) is 2.83. The van der Waals surface area contributed by atoms with Gasteiger partial charge in [0.1, 0.15) is 5.69 Å². The van der Waals surface area contributed by atoms with Gasteiger partial charge in [0.15, 0.2) is 5.76 Å². The van der Waals surface area contributed by atoms with E-state index in [0.29, 0.717) is 0 Å². The van der Waals surface area contributed by atoms with Crippen molar-refractivity contribution in [2.24, 2.45) is 0 Å². The molecule has 25 heavy (non-hydrogen) atoms. The summed E-state index contributed by atoms with van der Waals surface area (Å²) in [5.41, 5.74) is 5.14. The first-order chi connectivity index (χ1) is 12.4. The van der Waals surface area contributed by atoms with Gasteiger partial charge >= 0.3 is 0 Å². The van der Waals surface area contributed by atoms with Crippen molar-refractivity contribution in [2.75, 3.05) is 0 Å². The van der Waals surface area contributed by atoms with Crippen molar-refractivity contribution in [1.29, 1.82) is 0 Å². The van der Waals surface area contributed by atoms with Crippen LogP contribution in [0.15, 0.2) is 95.5 Å². The van der Waals surface area contributed by atoms with Crippen molar-refractivity contribution >= 4 is 12.2 Å². The van der Waals surface area contributed by atoms with E-state index in [-0.39, 0.29) is 0 Å². The zero-order valence-corrected chi connectivity index (χ0v) is 13.7. The molecule has 0 saturated heterocycles. The quantitative estimate of drug-likeness (QED) is 0.448. The maximum Gasteiger partial charge on any atom is 0.168 e. The van der Waals surface area contributed by atoms with E-state index < -0.39 is 0 Å². The predicted molar refractivity (Wildman–Crippen MR) is 103 cm³/mol. The molecule has 4 aromatic rings. The summed E-state index contributed by atoms with van der Waals surface area (Å²) in [6.07, 6.45) is 4.03. The van der Waals surface area contributed by atoms with Crippen molar-refractivity contribution in [3.63, 3.8) is 0 Å². The molecular formula is C23H17NO. The van der Waals surface area contributed by atoms with Crippen molar-refractivity contribution in [3.8, 4) is 22.4 Å². The van der Waals surface area contributed by atoms with Crippen LogP contribution in [0.2, 0.25) is 0 Å². The molecular weight excluding hydrogens is 306 g/mol. The number of aromatic nitrogens is 1. The Morgan fingerprint density at radius 2 is 1.16 bits per heavy atom. The molecule has 2 nitrogen and oxygen atoms in total. The second kappa shape index (κ2) is 7.02. The molecule has 1 aromatic heterocycles. The smallest absolute Gasteiger partial charge is 0.168 e. The van der Waals surface area contributed by atoms with E-state index in [1.165, 1.54) is 0 Å². The van der Waals surface area contributed by atoms with Gasteiger partial charge in [0, 0.05) is 5.56 Å². The highest BCUT2D eigenvalue weighted by Gasteiger charge is 2.17. The molecule has 0 aliphatic rings. The van der Waals surface area contributed by atoms with E-state index in [1.54, 1.807) is 0 Å². The molecule has 4 rings (SSSR count). The molecule has 2 heteroatoms. The summed E-state index contributed by atoms with van der Waals surface area (Å²) < 4.78 is 5.69. The molecule has 0 saturated carbocycles. The minimum Gasteiger partial charge on any atom is -0.356 e. The van der Waals surface area contributed by atoms with Crippen LogP contribution in [-0.2, 0) is 0 Å². The molecule has 0 unspecified atom stereocenters. The number of benzene rings is 3. The molecule has 0 bridgehead atoms. The lowest BCUT2D eigenvalue weighted by Crippen LogP contribution is -1.83. The first-order valence-electron chi connectivity index (χ1n) is 8.25. The van der Waals surface area contributed by atoms with Gasteiger partial charge in [-0.1, -0.05) is 102 Å². The van der Waals surface area contributed by atoms with E-state index >= 15 is 0 Å². The molecule has 0 atom stereocenters. The Bertz CT molecular complexity index is 971. The third-order valence-electron chi connectivity index (χ3n) is 4.05. The minimum absolute atomic E-state index is 0.758. The highest BCUT2D eigenvalue weighted by atomic mass is 16.5. The molecule has 0 aliphatic heterocycles. The number of rotatable bonds is 4. The highest BCUT2D eigenvalue weighted by Crippen LogP contribution is 2.35. The van der Waals surface area contributed by atoms with Gasteiger partial charge in [0.25, 0.3) is 0 Å². The Balaban J connectivity index is 1.82. The van der Waals surface area contributed by atoms with E-state index in [9.17, 15) is 0 Å². The Kier molecular flexibility index (Phi) is 4.25. The van der Waals surface area contributed by atoms with Crippen LogP contribution in [0.4, 0.5) is 0 Å². The largest absolute Gasteiger partial charge is 0.356 e. The highest BCUT2D eigenvalue weighted by molar-refractivity contribution is 5.87. The second-order valence-electron chi connectivity index (χ2n) is 5.75. The topological polar surface area (TPSA) is 26.0 Å². The summed E-state index contributed by atoms with van der Waals surface area (Å²) in [5.74, 6) is 0.758. The average Bonchev–Trinajstić information content (AvgIpc) is 3.12. The Labute approximate surface area is 147 Å². The molecule has 0 aliphatic carbocycles. The van der Waals surface area contributed by atoms with Crippen molar-refractivity contribution in [2.45, 2.75) is 0 Å². The molecule has 120 valence electrons. The summed E-state index contributed by atoms with van der Waals surface area (Å²) in [4.78, 5) is 0. The molecule has 0 fully saturated rings. The van der Waals surface area contributed by atoms with Gasteiger partial charge in [-0.05, 0) is 17.2 Å². The fraction of sp³-hybridized carbons (Fsp3) is 0. The zero-order chi connectivity index (χ0) is 16.9.